The number of ether oxygens (including phenoxy) is 1. The van der Waals surface area contributed by atoms with Gasteiger partial charge in [-0.1, -0.05) is 38.3 Å². The van der Waals surface area contributed by atoms with Gasteiger partial charge in [0.1, 0.15) is 5.75 Å². The molecule has 0 aliphatic carbocycles. The molecule has 0 aliphatic rings. The summed E-state index contributed by atoms with van der Waals surface area (Å²) in [5.74, 6) is 0.376. The zero-order valence-corrected chi connectivity index (χ0v) is 12.6. The van der Waals surface area contributed by atoms with Crippen molar-refractivity contribution in [2.45, 2.75) is 46.5 Å². The van der Waals surface area contributed by atoms with E-state index in [9.17, 15) is 4.79 Å². The Labute approximate surface area is 121 Å². The van der Waals surface area contributed by atoms with E-state index in [1.165, 1.54) is 12.8 Å². The molecule has 0 heterocycles. The third-order valence-corrected chi connectivity index (χ3v) is 2.77. The van der Waals surface area contributed by atoms with Crippen LogP contribution in [0.15, 0.2) is 29.4 Å². The van der Waals surface area contributed by atoms with E-state index in [1.807, 2.05) is 32.0 Å². The topological polar surface area (TPSA) is 50.7 Å². The van der Waals surface area contributed by atoms with Gasteiger partial charge in [0.2, 0.25) is 0 Å². The van der Waals surface area contributed by atoms with Crippen molar-refractivity contribution in [2.24, 2.45) is 5.10 Å². The Balaban J connectivity index is 2.58. The van der Waals surface area contributed by atoms with Gasteiger partial charge in [-0.2, -0.15) is 5.10 Å². The molecular formula is C16H24N2O2. The molecule has 1 N–H and O–H groups in total. The molecule has 1 amide bonds. The van der Waals surface area contributed by atoms with Crippen LogP contribution < -0.4 is 10.2 Å². The van der Waals surface area contributed by atoms with Crippen LogP contribution in [-0.2, 0) is 0 Å². The molecule has 0 aliphatic heterocycles. The van der Waals surface area contributed by atoms with Crippen molar-refractivity contribution in [3.05, 3.63) is 29.8 Å². The first-order valence-electron chi connectivity index (χ1n) is 7.18. The second-order valence-corrected chi connectivity index (χ2v) is 4.91. The number of carbonyl (C=O) groups excluding carboxylic acids is 1. The fourth-order valence-electron chi connectivity index (χ4n) is 1.71. The molecular weight excluding hydrogens is 252 g/mol. The van der Waals surface area contributed by atoms with E-state index in [0.29, 0.717) is 17.9 Å². The van der Waals surface area contributed by atoms with E-state index < -0.39 is 0 Å². The van der Waals surface area contributed by atoms with Crippen LogP contribution in [0.5, 0.6) is 5.75 Å². The highest BCUT2D eigenvalue weighted by Gasteiger charge is 2.11. The largest absolute Gasteiger partial charge is 0.493 e. The van der Waals surface area contributed by atoms with Gasteiger partial charge in [0.25, 0.3) is 5.91 Å². The zero-order chi connectivity index (χ0) is 14.8. The van der Waals surface area contributed by atoms with Gasteiger partial charge in [-0.25, -0.2) is 5.43 Å². The average Bonchev–Trinajstić information content (AvgIpc) is 2.45. The number of para-hydroxylation sites is 1. The molecule has 1 aromatic carbocycles. The highest BCUT2D eigenvalue weighted by molar-refractivity contribution is 5.97. The Morgan fingerprint density at radius 2 is 1.95 bits per heavy atom. The first-order chi connectivity index (χ1) is 9.65. The van der Waals surface area contributed by atoms with Gasteiger partial charge in [-0.15, -0.1) is 0 Å². The Bertz CT molecular complexity index is 452. The Hall–Kier alpha value is -1.84. The average molecular weight is 276 g/mol. The lowest BCUT2D eigenvalue weighted by molar-refractivity contribution is 0.0950. The summed E-state index contributed by atoms with van der Waals surface area (Å²) in [7, 11) is 0. The number of benzene rings is 1. The number of unbranched alkanes of at least 4 members (excludes halogenated alkanes) is 3. The molecule has 0 fully saturated rings. The predicted molar refractivity (Wildman–Crippen MR) is 82.3 cm³/mol. The third-order valence-electron chi connectivity index (χ3n) is 2.77. The molecule has 4 heteroatoms. The molecule has 4 nitrogen and oxygen atoms in total. The van der Waals surface area contributed by atoms with E-state index >= 15 is 0 Å². The number of hydrazone groups is 1. The van der Waals surface area contributed by atoms with E-state index in [4.69, 9.17) is 4.74 Å². The Morgan fingerprint density at radius 1 is 1.20 bits per heavy atom. The molecule has 0 spiro atoms. The number of hydrogen-bond acceptors (Lipinski definition) is 3. The van der Waals surface area contributed by atoms with Crippen molar-refractivity contribution in [3.8, 4) is 5.75 Å². The molecule has 1 rings (SSSR count). The number of hydrogen-bond donors (Lipinski definition) is 1. The first kappa shape index (κ1) is 16.2. The summed E-state index contributed by atoms with van der Waals surface area (Å²) in [4.78, 5) is 12.0. The van der Waals surface area contributed by atoms with Gasteiger partial charge in [-0.3, -0.25) is 4.79 Å². The SMILES string of the molecule is CCCCCCOc1ccccc1C(=O)NN=C(C)C. The van der Waals surface area contributed by atoms with Crippen LogP contribution in [0.3, 0.4) is 0 Å². The first-order valence-corrected chi connectivity index (χ1v) is 7.18. The van der Waals surface area contributed by atoms with E-state index in [2.05, 4.69) is 17.5 Å². The number of amides is 1. The van der Waals surface area contributed by atoms with Gasteiger partial charge in [0.05, 0.1) is 12.2 Å². The van der Waals surface area contributed by atoms with Crippen LogP contribution in [0.1, 0.15) is 56.8 Å². The van der Waals surface area contributed by atoms with Crippen molar-refractivity contribution in [2.75, 3.05) is 6.61 Å². The summed E-state index contributed by atoms with van der Waals surface area (Å²) in [5.41, 5.74) is 3.84. The molecule has 0 radical (unpaired) electrons. The lowest BCUT2D eigenvalue weighted by Gasteiger charge is -2.10. The molecule has 0 saturated carbocycles. The van der Waals surface area contributed by atoms with Gasteiger partial charge >= 0.3 is 0 Å². The molecule has 0 bridgehead atoms. The van der Waals surface area contributed by atoms with Crippen molar-refractivity contribution >= 4 is 11.6 Å². The lowest BCUT2D eigenvalue weighted by Crippen LogP contribution is -2.19. The minimum atomic E-state index is -0.240. The number of nitrogens with zero attached hydrogens (tertiary/aromatic N) is 1. The summed E-state index contributed by atoms with van der Waals surface area (Å²) < 4.78 is 5.70. The van der Waals surface area contributed by atoms with Crippen LogP contribution in [0.4, 0.5) is 0 Å². The number of rotatable bonds is 8. The van der Waals surface area contributed by atoms with Gasteiger partial charge in [0.15, 0.2) is 0 Å². The summed E-state index contributed by atoms with van der Waals surface area (Å²) in [6.45, 7) is 6.48. The maximum Gasteiger partial charge on any atom is 0.275 e. The quantitative estimate of drug-likeness (QED) is 0.446. The van der Waals surface area contributed by atoms with Gasteiger partial charge in [-0.05, 0) is 32.4 Å². The van der Waals surface area contributed by atoms with Crippen molar-refractivity contribution in [3.63, 3.8) is 0 Å². The summed E-state index contributed by atoms with van der Waals surface area (Å²) in [6, 6.07) is 7.25. The Kier molecular flexibility index (Phi) is 7.40. The summed E-state index contributed by atoms with van der Waals surface area (Å²) in [5, 5.41) is 3.92. The number of nitrogens with one attached hydrogen (secondary N) is 1. The van der Waals surface area contributed by atoms with Crippen LogP contribution in [0, 0.1) is 0 Å². The zero-order valence-electron chi connectivity index (χ0n) is 12.6. The van der Waals surface area contributed by atoms with Crippen LogP contribution in [-0.4, -0.2) is 18.2 Å². The van der Waals surface area contributed by atoms with Crippen molar-refractivity contribution < 1.29 is 9.53 Å². The minimum Gasteiger partial charge on any atom is -0.493 e. The third kappa shape index (κ3) is 5.87. The van der Waals surface area contributed by atoms with E-state index in [0.717, 1.165) is 18.6 Å². The maximum atomic E-state index is 12.0. The highest BCUT2D eigenvalue weighted by atomic mass is 16.5. The van der Waals surface area contributed by atoms with Gasteiger partial charge < -0.3 is 4.74 Å². The van der Waals surface area contributed by atoms with Crippen molar-refractivity contribution in [1.82, 2.24) is 5.43 Å². The molecule has 0 atom stereocenters. The van der Waals surface area contributed by atoms with Crippen LogP contribution >= 0.6 is 0 Å². The molecule has 1 aromatic rings. The monoisotopic (exact) mass is 276 g/mol. The fraction of sp³-hybridized carbons (Fsp3) is 0.500. The highest BCUT2D eigenvalue weighted by Crippen LogP contribution is 2.18. The second kappa shape index (κ2) is 9.13. The van der Waals surface area contributed by atoms with Crippen molar-refractivity contribution in [1.29, 1.82) is 0 Å². The standard InChI is InChI=1S/C16H24N2O2/c1-4-5-6-9-12-20-15-11-8-7-10-14(15)16(19)18-17-13(2)3/h7-8,10-11H,4-6,9,12H2,1-3H3,(H,18,19). The minimum absolute atomic E-state index is 0.240. The van der Waals surface area contributed by atoms with Gasteiger partial charge in [0, 0.05) is 5.71 Å². The smallest absolute Gasteiger partial charge is 0.275 e. The van der Waals surface area contributed by atoms with E-state index in [1.54, 1.807) is 6.07 Å². The molecule has 0 unspecified atom stereocenters. The normalized spacial score (nSPS) is 9.95. The molecule has 0 saturated heterocycles. The molecule has 20 heavy (non-hydrogen) atoms. The fourth-order valence-corrected chi connectivity index (χ4v) is 1.71. The Morgan fingerprint density at radius 3 is 2.65 bits per heavy atom. The number of carbonyl (C=O) groups is 1. The molecule has 0 aromatic heterocycles. The molecule has 110 valence electrons. The summed E-state index contributed by atoms with van der Waals surface area (Å²) in [6.07, 6.45) is 4.59. The van der Waals surface area contributed by atoms with Crippen LogP contribution in [0.2, 0.25) is 0 Å². The maximum absolute atomic E-state index is 12.0. The predicted octanol–water partition coefficient (Wildman–Crippen LogP) is 3.77. The van der Waals surface area contributed by atoms with E-state index in [-0.39, 0.29) is 5.91 Å². The second-order valence-electron chi connectivity index (χ2n) is 4.91. The van der Waals surface area contributed by atoms with Crippen LogP contribution in [0.25, 0.3) is 0 Å². The summed E-state index contributed by atoms with van der Waals surface area (Å²) >= 11 is 0. The lowest BCUT2D eigenvalue weighted by atomic mass is 10.2.